The van der Waals surface area contributed by atoms with Gasteiger partial charge in [0, 0.05) is 44.3 Å². The van der Waals surface area contributed by atoms with Gasteiger partial charge in [0.05, 0.1) is 11.4 Å². The van der Waals surface area contributed by atoms with E-state index in [0.29, 0.717) is 23.7 Å². The van der Waals surface area contributed by atoms with E-state index in [1.165, 1.54) is 224 Å². The molecule has 8 fully saturated rings. The minimum atomic E-state index is -0.128. The molecule has 0 amide bonds. The van der Waals surface area contributed by atoms with Crippen LogP contribution in [0.2, 0.25) is 0 Å². The molecular weight excluding hydrogens is 1280 g/mol. The normalized spacial score (nSPS) is 25.8. The lowest BCUT2D eigenvalue weighted by molar-refractivity contribution is 0.412. The van der Waals surface area contributed by atoms with Gasteiger partial charge in [-0.05, 0) is 330 Å². The SMILES string of the molecule is CC(C)(C)c1cc(N(c2cc(C3CC4CCC3C4)cc(C3CC4CCC3C4)c2)c2c3ccccc3c(-c3c4ccccc4c(N(c4cc(C5CC6CCC5C6)cc(C5CC6CCC5C6)c4)c4cc(C(C)(C)C)cc(C(C)(C)C)c4)c4cc(C(C)(C)C)ccc34)c3cc(C(C)(C)C)ccc23)cc(C(C)(C)C)c1. The van der Waals surface area contributed by atoms with Crippen LogP contribution in [0.25, 0.3) is 54.2 Å². The standard InChI is InChI=1S/C104H124N2/c1-99(2,3)73-36-38-88-93(59-73)96(84-24-20-21-25-86(84)97(88)105(81-55-75(101(7,8)9)53-76(56-81)102(10,11)12)79-49-69(89-43-61-27-31-65(89)39-61)47-70(50-79)90-44-62-28-32-66(90)40-62)95-83-23-19-22-26-87(83)98(94-60-74(100(4,5)6)35-37-85(94)95)106(82-57-77(103(13,14)15)54-78(58-82)104(16,17)18)80-51-71(91-45-63-29-33-67(91)41-63)48-72(52-80)92-46-64-30-34-68(92)42-64/h19-26,35-38,47-68,89-92H,27-34,39-46H2,1-18H3. The zero-order valence-electron chi connectivity index (χ0n) is 68.1. The Kier molecular flexibility index (Phi) is 16.8. The lowest BCUT2D eigenvalue weighted by atomic mass is 9.78. The van der Waals surface area contributed by atoms with Crippen molar-refractivity contribution in [3.63, 3.8) is 0 Å². The molecule has 10 aromatic rings. The summed E-state index contributed by atoms with van der Waals surface area (Å²) in [6, 6.07) is 67.3. The van der Waals surface area contributed by atoms with Crippen molar-refractivity contribution in [2.75, 3.05) is 9.80 Å². The van der Waals surface area contributed by atoms with E-state index >= 15 is 0 Å². The number of benzene rings is 10. The van der Waals surface area contributed by atoms with Crippen LogP contribution >= 0.6 is 0 Å². The highest BCUT2D eigenvalue weighted by molar-refractivity contribution is 6.31. The van der Waals surface area contributed by atoms with Crippen molar-refractivity contribution >= 4 is 77.2 Å². The first-order valence-corrected chi connectivity index (χ1v) is 42.4. The molecule has 0 saturated heterocycles. The minimum Gasteiger partial charge on any atom is -0.309 e. The van der Waals surface area contributed by atoms with Gasteiger partial charge in [-0.2, -0.15) is 0 Å². The van der Waals surface area contributed by atoms with Crippen LogP contribution in [0.5, 0.6) is 0 Å². The fourth-order valence-electron chi connectivity index (χ4n) is 23.3. The summed E-state index contributed by atoms with van der Waals surface area (Å²) in [6.07, 6.45) is 22.1. The number of anilines is 6. The van der Waals surface area contributed by atoms with Gasteiger partial charge in [0.15, 0.2) is 0 Å². The molecular formula is C104H124N2. The van der Waals surface area contributed by atoms with Gasteiger partial charge >= 0.3 is 0 Å². The molecule has 8 aliphatic rings. The summed E-state index contributed by atoms with van der Waals surface area (Å²) in [5, 5.41) is 10.5. The Balaban J connectivity index is 0.965. The molecule has 12 unspecified atom stereocenters. The largest absolute Gasteiger partial charge is 0.309 e. The number of hydrogen-bond donors (Lipinski definition) is 0. The van der Waals surface area contributed by atoms with Gasteiger partial charge < -0.3 is 9.80 Å². The Morgan fingerprint density at radius 2 is 0.491 bits per heavy atom. The Morgan fingerprint density at radius 3 is 0.792 bits per heavy atom. The summed E-state index contributed by atoms with van der Waals surface area (Å²) in [7, 11) is 0. The molecule has 12 atom stereocenters. The molecule has 0 aliphatic heterocycles. The van der Waals surface area contributed by atoms with Crippen molar-refractivity contribution in [1.29, 1.82) is 0 Å². The zero-order valence-corrected chi connectivity index (χ0v) is 68.1. The Morgan fingerprint density at radius 1 is 0.226 bits per heavy atom. The van der Waals surface area contributed by atoms with Crippen molar-refractivity contribution in [2.45, 2.75) is 284 Å². The van der Waals surface area contributed by atoms with Gasteiger partial charge in [-0.1, -0.05) is 247 Å². The van der Waals surface area contributed by atoms with Crippen LogP contribution in [0.4, 0.5) is 34.1 Å². The first-order chi connectivity index (χ1) is 50.2. The molecule has 18 rings (SSSR count). The van der Waals surface area contributed by atoms with Gasteiger partial charge in [0.2, 0.25) is 0 Å². The van der Waals surface area contributed by atoms with Gasteiger partial charge in [-0.25, -0.2) is 0 Å². The molecule has 8 saturated carbocycles. The predicted octanol–water partition coefficient (Wildman–Crippen LogP) is 30.3. The van der Waals surface area contributed by atoms with Crippen LogP contribution in [0.3, 0.4) is 0 Å². The molecule has 8 aliphatic carbocycles. The van der Waals surface area contributed by atoms with E-state index in [-0.39, 0.29) is 32.5 Å². The number of rotatable bonds is 11. The van der Waals surface area contributed by atoms with E-state index < -0.39 is 0 Å². The van der Waals surface area contributed by atoms with E-state index in [2.05, 4.69) is 292 Å². The minimum absolute atomic E-state index is 0.0895. The molecule has 106 heavy (non-hydrogen) atoms. The fraction of sp³-hybridized carbons (Fsp3) is 0.500. The molecule has 2 heteroatoms. The topological polar surface area (TPSA) is 6.48 Å². The van der Waals surface area contributed by atoms with Crippen molar-refractivity contribution in [2.24, 2.45) is 47.3 Å². The van der Waals surface area contributed by atoms with Gasteiger partial charge in [-0.15, -0.1) is 0 Å². The highest BCUT2D eigenvalue weighted by Crippen LogP contribution is 2.62. The summed E-state index contributed by atoms with van der Waals surface area (Å²) in [5.41, 5.74) is 24.6. The van der Waals surface area contributed by atoms with Crippen molar-refractivity contribution < 1.29 is 0 Å². The summed E-state index contributed by atoms with van der Waals surface area (Å²) in [5.74, 6) is 8.91. The summed E-state index contributed by atoms with van der Waals surface area (Å²) < 4.78 is 0. The molecule has 8 bridgehead atoms. The smallest absolute Gasteiger partial charge is 0.0618 e. The predicted molar refractivity (Wildman–Crippen MR) is 456 cm³/mol. The number of nitrogens with zero attached hydrogens (tertiary/aromatic N) is 2. The second kappa shape index (κ2) is 25.2. The Hall–Kier alpha value is -7.16. The Bertz CT molecular complexity index is 4980. The molecule has 0 radical (unpaired) electrons. The lowest BCUT2D eigenvalue weighted by Gasteiger charge is -2.36. The molecule has 0 aromatic heterocycles. The van der Waals surface area contributed by atoms with Crippen LogP contribution in [0.15, 0.2) is 158 Å². The van der Waals surface area contributed by atoms with E-state index in [0.717, 1.165) is 47.3 Å². The third-order valence-corrected chi connectivity index (χ3v) is 29.3. The maximum absolute atomic E-state index is 2.86. The maximum Gasteiger partial charge on any atom is 0.0618 e. The summed E-state index contributed by atoms with van der Waals surface area (Å²) >= 11 is 0. The average Bonchev–Trinajstić information content (AvgIpc) is 1.13. The molecule has 2 nitrogen and oxygen atoms in total. The second-order valence-corrected chi connectivity index (χ2v) is 42.6. The van der Waals surface area contributed by atoms with Gasteiger partial charge in [0.25, 0.3) is 0 Å². The third-order valence-electron chi connectivity index (χ3n) is 29.3. The van der Waals surface area contributed by atoms with E-state index in [1.807, 2.05) is 0 Å². The van der Waals surface area contributed by atoms with Crippen LogP contribution in [-0.4, -0.2) is 0 Å². The van der Waals surface area contributed by atoms with Crippen LogP contribution in [0, 0.1) is 47.3 Å². The molecule has 550 valence electrons. The van der Waals surface area contributed by atoms with E-state index in [4.69, 9.17) is 0 Å². The number of fused-ring (bicyclic) bond motifs is 12. The van der Waals surface area contributed by atoms with Crippen molar-refractivity contribution in [3.8, 4) is 11.1 Å². The van der Waals surface area contributed by atoms with Gasteiger partial charge in [-0.3, -0.25) is 0 Å². The first-order valence-electron chi connectivity index (χ1n) is 42.4. The van der Waals surface area contributed by atoms with E-state index in [9.17, 15) is 0 Å². The van der Waals surface area contributed by atoms with Gasteiger partial charge in [0.1, 0.15) is 0 Å². The average molecular weight is 1400 g/mol. The second-order valence-electron chi connectivity index (χ2n) is 42.6. The zero-order chi connectivity index (χ0) is 73.8. The molecule has 10 aromatic carbocycles. The van der Waals surface area contributed by atoms with Crippen LogP contribution in [-0.2, 0) is 32.5 Å². The molecule has 0 N–H and O–H groups in total. The van der Waals surface area contributed by atoms with Crippen LogP contribution < -0.4 is 9.80 Å². The summed E-state index contributed by atoms with van der Waals surface area (Å²) in [6.45, 7) is 43.8. The lowest BCUT2D eigenvalue weighted by Crippen LogP contribution is -2.20. The van der Waals surface area contributed by atoms with Crippen molar-refractivity contribution in [3.05, 3.63) is 213 Å². The van der Waals surface area contributed by atoms with Crippen molar-refractivity contribution in [1.82, 2.24) is 0 Å². The Labute approximate surface area is 638 Å². The first kappa shape index (κ1) is 70.5. The van der Waals surface area contributed by atoms with E-state index in [1.54, 1.807) is 22.3 Å². The molecule has 0 heterocycles. The number of hydrogen-bond acceptors (Lipinski definition) is 2. The summed E-state index contributed by atoms with van der Waals surface area (Å²) in [4.78, 5) is 5.71. The quantitative estimate of drug-likeness (QED) is 0.119. The maximum atomic E-state index is 2.86. The third kappa shape index (κ3) is 12.3. The highest BCUT2D eigenvalue weighted by atomic mass is 15.2. The monoisotopic (exact) mass is 1400 g/mol. The van der Waals surface area contributed by atoms with Crippen LogP contribution in [0.1, 0.15) is 307 Å². The fourth-order valence-corrected chi connectivity index (χ4v) is 23.3. The highest BCUT2D eigenvalue weighted by Gasteiger charge is 2.46. The molecule has 0 spiro atoms.